The number of nitrogens with two attached hydrogens (primary N) is 2. The van der Waals surface area contributed by atoms with E-state index in [9.17, 15) is 19.2 Å². The van der Waals surface area contributed by atoms with Gasteiger partial charge in [-0.3, -0.25) is 14.4 Å². The molecule has 0 bridgehead atoms. The second-order valence-corrected chi connectivity index (χ2v) is 8.82. The molecule has 1 aliphatic carbocycles. The smallest absolute Gasteiger partial charge is 0.404 e. The number of amides is 2. The fourth-order valence-electron chi connectivity index (χ4n) is 5.53. The molecule has 1 aromatic carbocycles. The van der Waals surface area contributed by atoms with Crippen molar-refractivity contribution in [2.75, 3.05) is 20.3 Å². The molecule has 33 heavy (non-hydrogen) atoms. The second kappa shape index (κ2) is 7.06. The number of hydrogen-bond acceptors (Lipinski definition) is 8. The maximum atomic E-state index is 13.3. The third-order valence-electron chi connectivity index (χ3n) is 7.03. The van der Waals surface area contributed by atoms with Crippen LogP contribution >= 0.6 is 11.6 Å². The molecule has 5 rings (SSSR count). The maximum absolute atomic E-state index is 13.3. The number of Topliss-reactive ketones (excluding diaryl/α,β-unsaturated/α-hetero) is 2. The Morgan fingerprint density at radius 2 is 1.94 bits per heavy atom. The van der Waals surface area contributed by atoms with E-state index in [0.717, 1.165) is 0 Å². The molecule has 4 N–H and O–H groups in total. The maximum Gasteiger partial charge on any atom is 0.404 e. The summed E-state index contributed by atoms with van der Waals surface area (Å²) in [6.45, 7) is 1.43. The summed E-state index contributed by atoms with van der Waals surface area (Å²) in [4.78, 5) is 54.4. The molecule has 0 spiro atoms. The van der Waals surface area contributed by atoms with Crippen molar-refractivity contribution < 1.29 is 28.7 Å². The third-order valence-corrected chi connectivity index (χ3v) is 7.36. The largest absolute Gasteiger partial charge is 0.449 e. The van der Waals surface area contributed by atoms with Crippen molar-refractivity contribution in [1.29, 1.82) is 0 Å². The van der Waals surface area contributed by atoms with Gasteiger partial charge >= 0.3 is 6.09 Å². The number of carbonyl (C=O) groups is 4. The first-order valence-electron chi connectivity index (χ1n) is 10.3. The average Bonchev–Trinajstić information content (AvgIpc) is 3.29. The number of rotatable bonds is 4. The summed E-state index contributed by atoms with van der Waals surface area (Å²) >= 11 is 6.23. The molecule has 10 nitrogen and oxygen atoms in total. The van der Waals surface area contributed by atoms with Gasteiger partial charge in [0.1, 0.15) is 12.6 Å². The predicted molar refractivity (Wildman–Crippen MR) is 115 cm³/mol. The normalized spacial score (nSPS) is 29.8. The van der Waals surface area contributed by atoms with Crippen LogP contribution in [0, 0.1) is 5.92 Å². The highest BCUT2D eigenvalue weighted by atomic mass is 35.5. The number of ether oxygens (including phenoxy) is 2. The molecule has 172 valence electrons. The van der Waals surface area contributed by atoms with Gasteiger partial charge in [0.2, 0.25) is 11.6 Å². The molecule has 1 aromatic rings. The Balaban J connectivity index is 1.58. The highest BCUT2D eigenvalue weighted by Gasteiger charge is 2.77. The highest BCUT2D eigenvalue weighted by Crippen LogP contribution is 2.60. The van der Waals surface area contributed by atoms with Crippen molar-refractivity contribution in [2.45, 2.75) is 24.7 Å². The minimum absolute atomic E-state index is 0.113. The van der Waals surface area contributed by atoms with Crippen LogP contribution in [0.25, 0.3) is 0 Å². The molecule has 3 aliphatic heterocycles. The zero-order valence-electron chi connectivity index (χ0n) is 17.8. The van der Waals surface area contributed by atoms with E-state index in [4.69, 9.17) is 32.5 Å². The first-order valence-corrected chi connectivity index (χ1v) is 10.7. The number of allylic oxidation sites excluding steroid dienone is 2. The van der Waals surface area contributed by atoms with Crippen LogP contribution in [-0.4, -0.2) is 71.4 Å². The Morgan fingerprint density at radius 3 is 2.58 bits per heavy atom. The molecule has 4 unspecified atom stereocenters. The number of nitrogens with zero attached hydrogens (tertiary/aromatic N) is 2. The Bertz CT molecular complexity index is 1210. The van der Waals surface area contributed by atoms with Gasteiger partial charge in [-0.05, 0) is 19.1 Å². The van der Waals surface area contributed by atoms with E-state index in [1.54, 1.807) is 34.1 Å². The number of fused-ring (bicyclic) bond motifs is 4. The molecule has 2 fully saturated rings. The van der Waals surface area contributed by atoms with Crippen LogP contribution in [0.5, 0.6) is 0 Å². The van der Waals surface area contributed by atoms with Gasteiger partial charge in [0.15, 0.2) is 5.72 Å². The quantitative estimate of drug-likeness (QED) is 0.477. The van der Waals surface area contributed by atoms with Gasteiger partial charge in [0.05, 0.1) is 33.9 Å². The van der Waals surface area contributed by atoms with E-state index in [-0.39, 0.29) is 47.6 Å². The van der Waals surface area contributed by atoms with E-state index in [2.05, 4.69) is 0 Å². The summed E-state index contributed by atoms with van der Waals surface area (Å²) < 4.78 is 11.1. The van der Waals surface area contributed by atoms with Crippen molar-refractivity contribution in [3.63, 3.8) is 0 Å². The fraction of sp³-hybridized carbons (Fsp3) is 0.364. The van der Waals surface area contributed by atoms with E-state index < -0.39 is 35.3 Å². The van der Waals surface area contributed by atoms with Crippen molar-refractivity contribution in [3.05, 3.63) is 57.4 Å². The van der Waals surface area contributed by atoms with Crippen LogP contribution in [0.1, 0.15) is 17.3 Å². The topological polar surface area (TPSA) is 145 Å². The Kier molecular flexibility index (Phi) is 4.60. The molecule has 11 heteroatoms. The monoisotopic (exact) mass is 472 g/mol. The zero-order chi connectivity index (χ0) is 23.8. The first kappa shape index (κ1) is 21.5. The Hall–Kier alpha value is -3.37. The summed E-state index contributed by atoms with van der Waals surface area (Å²) in [7, 11) is 1.43. The number of carbonyl (C=O) groups excluding carboxylic acids is 4. The fourth-order valence-corrected chi connectivity index (χ4v) is 5.74. The standard InChI is InChI=1S/C22H21ClN4O6/c1-9-15(24)18(29)14-11(8-33-21(25)31)22(32-2)19-13(7-26(22)16(14)17(9)28)27(19)20(30)10-5-3-4-6-12(10)23/h3-6,11,13,19H,7-8,24H2,1-2H3,(H2,25,31). The Morgan fingerprint density at radius 1 is 1.24 bits per heavy atom. The van der Waals surface area contributed by atoms with E-state index >= 15 is 0 Å². The molecule has 0 aromatic heterocycles. The van der Waals surface area contributed by atoms with Crippen molar-refractivity contribution in [1.82, 2.24) is 9.80 Å². The van der Waals surface area contributed by atoms with E-state index in [1.807, 2.05) is 0 Å². The van der Waals surface area contributed by atoms with Crippen molar-refractivity contribution >= 4 is 35.2 Å². The van der Waals surface area contributed by atoms with Gasteiger partial charge in [-0.1, -0.05) is 23.7 Å². The molecule has 2 amide bonds. The van der Waals surface area contributed by atoms with E-state index in [0.29, 0.717) is 10.6 Å². The molecule has 4 aliphatic rings. The summed E-state index contributed by atoms with van der Waals surface area (Å²) in [5.41, 5.74) is 10.4. The molecule has 3 heterocycles. The second-order valence-electron chi connectivity index (χ2n) is 8.41. The summed E-state index contributed by atoms with van der Waals surface area (Å²) in [6.07, 6.45) is -1.04. The molecule has 2 saturated heterocycles. The lowest BCUT2D eigenvalue weighted by molar-refractivity contribution is -0.143. The van der Waals surface area contributed by atoms with Gasteiger partial charge < -0.3 is 30.7 Å². The van der Waals surface area contributed by atoms with Gasteiger partial charge in [-0.25, -0.2) is 4.79 Å². The minimum Gasteiger partial charge on any atom is -0.449 e. The van der Waals surface area contributed by atoms with Gasteiger partial charge in [0, 0.05) is 24.8 Å². The van der Waals surface area contributed by atoms with Crippen LogP contribution < -0.4 is 11.5 Å². The van der Waals surface area contributed by atoms with Crippen LogP contribution in [0.3, 0.4) is 0 Å². The number of benzene rings is 1. The SMILES string of the molecule is COC12C(COC(N)=O)C3=C(C(=O)C(C)=C(N)C3=O)N1CC1C2N1C(=O)c1ccccc1Cl. The molecule has 0 radical (unpaired) electrons. The van der Waals surface area contributed by atoms with E-state index in [1.165, 1.54) is 14.0 Å². The van der Waals surface area contributed by atoms with Crippen LogP contribution in [0.4, 0.5) is 4.79 Å². The summed E-state index contributed by atoms with van der Waals surface area (Å²) in [5.74, 6) is -2.09. The summed E-state index contributed by atoms with van der Waals surface area (Å²) in [6, 6.07) is 5.89. The molecule has 4 atom stereocenters. The van der Waals surface area contributed by atoms with Gasteiger partial charge in [-0.2, -0.15) is 0 Å². The number of halogens is 1. The number of hydrogen-bond donors (Lipinski definition) is 2. The minimum atomic E-state index is -1.31. The lowest BCUT2D eigenvalue weighted by atomic mass is 9.82. The molecular weight excluding hydrogens is 452 g/mol. The van der Waals surface area contributed by atoms with Crippen molar-refractivity contribution in [3.8, 4) is 0 Å². The number of piperazine rings is 1. The lowest BCUT2D eigenvalue weighted by Crippen LogP contribution is -2.56. The third kappa shape index (κ3) is 2.64. The van der Waals surface area contributed by atoms with Crippen LogP contribution in [0.2, 0.25) is 5.02 Å². The van der Waals surface area contributed by atoms with Crippen molar-refractivity contribution in [2.24, 2.45) is 17.4 Å². The predicted octanol–water partition coefficient (Wildman–Crippen LogP) is 0.555. The number of ketones is 2. The zero-order valence-corrected chi connectivity index (χ0v) is 18.6. The Labute approximate surface area is 193 Å². The number of methoxy groups -OCH3 is 1. The molecular formula is C22H21ClN4O6. The lowest BCUT2D eigenvalue weighted by Gasteiger charge is -2.41. The number of primary amides is 1. The summed E-state index contributed by atoms with van der Waals surface area (Å²) in [5, 5.41) is 0.311. The van der Waals surface area contributed by atoms with Crippen LogP contribution in [-0.2, 0) is 19.1 Å². The average molecular weight is 473 g/mol. The van der Waals surface area contributed by atoms with Crippen LogP contribution in [0.15, 0.2) is 46.8 Å². The first-order chi connectivity index (χ1) is 15.7. The van der Waals surface area contributed by atoms with Gasteiger partial charge in [0.25, 0.3) is 5.91 Å². The highest BCUT2D eigenvalue weighted by molar-refractivity contribution is 6.34. The molecule has 0 saturated carbocycles. The van der Waals surface area contributed by atoms with Gasteiger partial charge in [-0.15, -0.1) is 0 Å².